The van der Waals surface area contributed by atoms with Crippen molar-refractivity contribution in [1.82, 2.24) is 0 Å². The first kappa shape index (κ1) is 20.2. The molecule has 3 rings (SSSR count). The highest BCUT2D eigenvalue weighted by Crippen LogP contribution is 2.29. The number of nitrogens with zero attached hydrogens (tertiary/aromatic N) is 1. The van der Waals surface area contributed by atoms with E-state index in [0.717, 1.165) is 37.0 Å². The Labute approximate surface area is 171 Å². The second kappa shape index (κ2) is 9.12. The molecule has 0 saturated heterocycles. The largest absolute Gasteiger partial charge is 0.490 e. The number of benzene rings is 2. The minimum Gasteiger partial charge on any atom is -0.490 e. The molecule has 146 valence electrons. The van der Waals surface area contributed by atoms with Gasteiger partial charge >= 0.3 is 0 Å². The fourth-order valence-corrected chi connectivity index (χ4v) is 3.56. The zero-order chi connectivity index (χ0) is 20.1. The first-order valence-corrected chi connectivity index (χ1v) is 10.0. The maximum absolute atomic E-state index is 12.0. The summed E-state index contributed by atoms with van der Waals surface area (Å²) in [5.41, 5.74) is 1.17. The third-order valence-electron chi connectivity index (χ3n) is 4.95. The summed E-state index contributed by atoms with van der Waals surface area (Å²) >= 11 is 6.06. The van der Waals surface area contributed by atoms with Gasteiger partial charge in [-0.25, -0.2) is 0 Å². The van der Waals surface area contributed by atoms with Crippen molar-refractivity contribution in [2.24, 2.45) is 5.92 Å². The third-order valence-corrected chi connectivity index (χ3v) is 5.26. The SMILES string of the molecule is CC(C)C(=O)c1ccc(O[C@H]2CC[C@H](Oc3ccc(C#N)c(Cl)c3)CC2)cc1. The van der Waals surface area contributed by atoms with Crippen LogP contribution in [0.5, 0.6) is 11.5 Å². The van der Waals surface area contributed by atoms with Crippen LogP contribution in [0.15, 0.2) is 42.5 Å². The van der Waals surface area contributed by atoms with Gasteiger partial charge in [0.1, 0.15) is 17.6 Å². The summed E-state index contributed by atoms with van der Waals surface area (Å²) in [6.45, 7) is 3.80. The monoisotopic (exact) mass is 397 g/mol. The number of carbonyl (C=O) groups is 1. The fourth-order valence-electron chi connectivity index (χ4n) is 3.34. The fraction of sp³-hybridized carbons (Fsp3) is 0.391. The lowest BCUT2D eigenvalue weighted by molar-refractivity contribution is 0.0806. The topological polar surface area (TPSA) is 59.3 Å². The van der Waals surface area contributed by atoms with Gasteiger partial charge in [-0.2, -0.15) is 5.26 Å². The van der Waals surface area contributed by atoms with Crippen LogP contribution in [0.25, 0.3) is 0 Å². The lowest BCUT2D eigenvalue weighted by atomic mass is 9.94. The molecule has 2 aromatic rings. The minimum absolute atomic E-state index is 0.00645. The zero-order valence-corrected chi connectivity index (χ0v) is 16.9. The highest BCUT2D eigenvalue weighted by atomic mass is 35.5. The molecule has 0 bridgehead atoms. The Balaban J connectivity index is 1.49. The molecule has 1 saturated carbocycles. The van der Waals surface area contributed by atoms with Gasteiger partial charge in [0.2, 0.25) is 0 Å². The van der Waals surface area contributed by atoms with Crippen LogP contribution in [0.3, 0.4) is 0 Å². The van der Waals surface area contributed by atoms with E-state index < -0.39 is 0 Å². The van der Waals surface area contributed by atoms with E-state index in [-0.39, 0.29) is 23.9 Å². The molecule has 28 heavy (non-hydrogen) atoms. The third kappa shape index (κ3) is 5.05. The average Bonchev–Trinajstić information content (AvgIpc) is 2.69. The van der Waals surface area contributed by atoms with Crippen LogP contribution < -0.4 is 9.47 Å². The predicted molar refractivity (Wildman–Crippen MR) is 109 cm³/mol. The molecule has 4 nitrogen and oxygen atoms in total. The van der Waals surface area contributed by atoms with Gasteiger partial charge in [-0.3, -0.25) is 4.79 Å². The molecule has 0 radical (unpaired) electrons. The van der Waals surface area contributed by atoms with Crippen LogP contribution >= 0.6 is 11.6 Å². The first-order chi connectivity index (χ1) is 13.5. The number of nitriles is 1. The summed E-state index contributed by atoms with van der Waals surface area (Å²) in [7, 11) is 0. The second-order valence-corrected chi connectivity index (χ2v) is 7.84. The standard InChI is InChI=1S/C23H24ClNO3/c1-15(2)23(26)16-3-6-18(7-4-16)27-19-9-11-20(12-10-19)28-21-8-5-17(14-25)22(24)13-21/h3-8,13,15,19-20H,9-12H2,1-2H3/t19-,20-. The summed E-state index contributed by atoms with van der Waals surface area (Å²) in [5, 5.41) is 9.35. The molecular formula is C23H24ClNO3. The first-order valence-electron chi connectivity index (χ1n) is 9.63. The quantitative estimate of drug-likeness (QED) is 0.576. The van der Waals surface area contributed by atoms with Crippen molar-refractivity contribution in [1.29, 1.82) is 5.26 Å². The van der Waals surface area contributed by atoms with Crippen molar-refractivity contribution >= 4 is 17.4 Å². The zero-order valence-electron chi connectivity index (χ0n) is 16.2. The molecule has 5 heteroatoms. The van der Waals surface area contributed by atoms with E-state index in [1.54, 1.807) is 18.2 Å². The number of ether oxygens (including phenoxy) is 2. The van der Waals surface area contributed by atoms with E-state index in [2.05, 4.69) is 0 Å². The number of halogens is 1. The van der Waals surface area contributed by atoms with Gasteiger partial charge in [0.25, 0.3) is 0 Å². The lowest BCUT2D eigenvalue weighted by Gasteiger charge is -2.29. The molecule has 0 amide bonds. The Kier molecular flexibility index (Phi) is 6.59. The van der Waals surface area contributed by atoms with Gasteiger partial charge < -0.3 is 9.47 Å². The molecule has 1 fully saturated rings. The van der Waals surface area contributed by atoms with Crippen LogP contribution in [-0.4, -0.2) is 18.0 Å². The van der Waals surface area contributed by atoms with E-state index in [1.165, 1.54) is 0 Å². The van der Waals surface area contributed by atoms with Gasteiger partial charge in [-0.1, -0.05) is 25.4 Å². The molecule has 1 aliphatic carbocycles. The Morgan fingerprint density at radius 1 is 1.00 bits per heavy atom. The summed E-state index contributed by atoms with van der Waals surface area (Å²) in [6.07, 6.45) is 3.87. The second-order valence-electron chi connectivity index (χ2n) is 7.43. The van der Waals surface area contributed by atoms with Crippen molar-refractivity contribution in [2.75, 3.05) is 0 Å². The van der Waals surface area contributed by atoms with E-state index in [0.29, 0.717) is 16.3 Å². The predicted octanol–water partition coefficient (Wildman–Crippen LogP) is 5.82. The van der Waals surface area contributed by atoms with Gasteiger partial charge in [0.05, 0.1) is 22.8 Å². The molecule has 0 N–H and O–H groups in total. The van der Waals surface area contributed by atoms with E-state index in [4.69, 9.17) is 26.3 Å². The van der Waals surface area contributed by atoms with E-state index >= 15 is 0 Å². The Morgan fingerprint density at radius 2 is 1.54 bits per heavy atom. The van der Waals surface area contributed by atoms with Crippen molar-refractivity contribution in [2.45, 2.75) is 51.7 Å². The maximum atomic E-state index is 12.0. The molecule has 0 atom stereocenters. The van der Waals surface area contributed by atoms with Crippen molar-refractivity contribution in [3.63, 3.8) is 0 Å². The lowest BCUT2D eigenvalue weighted by Crippen LogP contribution is -2.30. The van der Waals surface area contributed by atoms with E-state index in [9.17, 15) is 4.79 Å². The minimum atomic E-state index is -0.00645. The summed E-state index contributed by atoms with van der Waals surface area (Å²) < 4.78 is 12.1. The molecular weight excluding hydrogens is 374 g/mol. The molecule has 0 heterocycles. The maximum Gasteiger partial charge on any atom is 0.165 e. The number of hydrogen-bond donors (Lipinski definition) is 0. The Bertz CT molecular complexity index is 862. The van der Waals surface area contributed by atoms with Crippen LogP contribution in [-0.2, 0) is 0 Å². The van der Waals surface area contributed by atoms with Gasteiger partial charge in [0, 0.05) is 17.5 Å². The Hall–Kier alpha value is -2.51. The van der Waals surface area contributed by atoms with Gasteiger partial charge in [0.15, 0.2) is 5.78 Å². The highest BCUT2D eigenvalue weighted by Gasteiger charge is 2.24. The molecule has 2 aromatic carbocycles. The van der Waals surface area contributed by atoms with Crippen LogP contribution in [0.2, 0.25) is 5.02 Å². The molecule has 0 unspecified atom stereocenters. The number of hydrogen-bond acceptors (Lipinski definition) is 4. The van der Waals surface area contributed by atoms with E-state index in [1.807, 2.05) is 44.2 Å². The van der Waals surface area contributed by atoms with Crippen LogP contribution in [0.4, 0.5) is 0 Å². The van der Waals surface area contributed by atoms with Crippen molar-refractivity contribution in [3.8, 4) is 17.6 Å². The normalized spacial score (nSPS) is 19.1. The number of Topliss-reactive ketones (excluding diaryl/α,β-unsaturated/α-hetero) is 1. The molecule has 0 aliphatic heterocycles. The van der Waals surface area contributed by atoms with Gasteiger partial charge in [-0.05, 0) is 62.1 Å². The van der Waals surface area contributed by atoms with Crippen molar-refractivity contribution in [3.05, 3.63) is 58.6 Å². The molecule has 0 aromatic heterocycles. The summed E-state index contributed by atoms with van der Waals surface area (Å²) in [6, 6.07) is 14.6. The summed E-state index contributed by atoms with van der Waals surface area (Å²) in [5.74, 6) is 1.63. The molecule has 1 aliphatic rings. The van der Waals surface area contributed by atoms with Crippen LogP contribution in [0, 0.1) is 17.2 Å². The summed E-state index contributed by atoms with van der Waals surface area (Å²) in [4.78, 5) is 12.0. The number of rotatable bonds is 6. The van der Waals surface area contributed by atoms with Gasteiger partial charge in [-0.15, -0.1) is 0 Å². The number of ketones is 1. The Morgan fingerprint density at radius 3 is 2.04 bits per heavy atom. The van der Waals surface area contributed by atoms with Crippen LogP contribution in [0.1, 0.15) is 55.5 Å². The molecule has 0 spiro atoms. The highest BCUT2D eigenvalue weighted by molar-refractivity contribution is 6.31. The number of carbonyl (C=O) groups excluding carboxylic acids is 1. The average molecular weight is 398 g/mol. The smallest absolute Gasteiger partial charge is 0.165 e. The van der Waals surface area contributed by atoms with Crippen molar-refractivity contribution < 1.29 is 14.3 Å².